The van der Waals surface area contributed by atoms with Gasteiger partial charge in [-0.2, -0.15) is 5.10 Å². The fraction of sp³-hybridized carbons (Fsp3) is 0.667. The summed E-state index contributed by atoms with van der Waals surface area (Å²) >= 11 is 0. The van der Waals surface area contributed by atoms with Gasteiger partial charge in [0.1, 0.15) is 0 Å². The topological polar surface area (TPSA) is 59.0 Å². The molecule has 0 radical (unpaired) electrons. The maximum Gasteiger partial charge on any atom is 0.224 e. The van der Waals surface area contributed by atoms with Crippen molar-refractivity contribution in [3.8, 4) is 0 Å². The van der Waals surface area contributed by atoms with Gasteiger partial charge in [0.15, 0.2) is 0 Å². The minimum atomic E-state index is 0. The van der Waals surface area contributed by atoms with E-state index in [-0.39, 0.29) is 24.2 Å². The third kappa shape index (κ3) is 3.71. The summed E-state index contributed by atoms with van der Waals surface area (Å²) in [5.74, 6) is 0.272. The molecule has 1 aliphatic rings. The van der Waals surface area contributed by atoms with E-state index in [9.17, 15) is 4.79 Å². The van der Waals surface area contributed by atoms with E-state index in [4.69, 9.17) is 0 Å². The van der Waals surface area contributed by atoms with Crippen LogP contribution in [0.5, 0.6) is 0 Å². The summed E-state index contributed by atoms with van der Waals surface area (Å²) in [4.78, 5) is 11.9. The second-order valence-corrected chi connectivity index (χ2v) is 4.66. The van der Waals surface area contributed by atoms with E-state index in [0.717, 1.165) is 37.3 Å². The number of rotatable bonds is 3. The minimum absolute atomic E-state index is 0. The van der Waals surface area contributed by atoms with Crippen LogP contribution in [0.4, 0.5) is 0 Å². The number of aryl methyl sites for hydroxylation is 2. The van der Waals surface area contributed by atoms with Crippen LogP contribution < -0.4 is 10.6 Å². The van der Waals surface area contributed by atoms with Gasteiger partial charge in [0.2, 0.25) is 5.91 Å². The quantitative estimate of drug-likeness (QED) is 0.854. The second-order valence-electron chi connectivity index (χ2n) is 4.66. The molecule has 0 aliphatic carbocycles. The standard InChI is InChI=1S/C12H20N4O.ClH/c1-9-6-11(16(2)15-9)8-14-12(17)10-4-3-5-13-7-10;/h6,10,13H,3-5,7-8H2,1-2H3,(H,14,17);1H. The first kappa shape index (κ1) is 15.0. The number of carbonyl (C=O) groups is 1. The number of aromatic nitrogens is 2. The number of piperidine rings is 1. The Bertz CT molecular complexity index is 399. The third-order valence-electron chi connectivity index (χ3n) is 3.21. The first-order valence-electron chi connectivity index (χ1n) is 6.15. The van der Waals surface area contributed by atoms with Crippen molar-refractivity contribution < 1.29 is 4.79 Å². The number of halogens is 1. The molecule has 1 fully saturated rings. The first-order valence-corrected chi connectivity index (χ1v) is 6.15. The Morgan fingerprint density at radius 2 is 2.44 bits per heavy atom. The fourth-order valence-electron chi connectivity index (χ4n) is 2.23. The number of hydrogen-bond acceptors (Lipinski definition) is 3. The summed E-state index contributed by atoms with van der Waals surface area (Å²) in [6.45, 7) is 4.35. The van der Waals surface area contributed by atoms with E-state index in [1.807, 2.05) is 24.7 Å². The van der Waals surface area contributed by atoms with E-state index in [1.165, 1.54) is 0 Å². The number of amides is 1. The highest BCUT2D eigenvalue weighted by atomic mass is 35.5. The maximum absolute atomic E-state index is 11.9. The maximum atomic E-state index is 11.9. The van der Waals surface area contributed by atoms with Gasteiger partial charge >= 0.3 is 0 Å². The van der Waals surface area contributed by atoms with Gasteiger partial charge in [-0.25, -0.2) is 0 Å². The molecule has 0 saturated carbocycles. The largest absolute Gasteiger partial charge is 0.350 e. The van der Waals surface area contributed by atoms with Crippen LogP contribution in [0.1, 0.15) is 24.2 Å². The van der Waals surface area contributed by atoms with E-state index < -0.39 is 0 Å². The Labute approximate surface area is 114 Å². The Kier molecular flexibility index (Phi) is 5.62. The molecule has 1 aromatic rings. The molecular weight excluding hydrogens is 252 g/mol. The first-order chi connectivity index (χ1) is 8.16. The zero-order valence-electron chi connectivity index (χ0n) is 10.9. The number of nitrogens with one attached hydrogen (secondary N) is 2. The fourth-order valence-corrected chi connectivity index (χ4v) is 2.23. The molecule has 102 valence electrons. The molecule has 2 heterocycles. The zero-order chi connectivity index (χ0) is 12.3. The molecular formula is C12H21ClN4O. The van der Waals surface area contributed by atoms with Crippen LogP contribution in [0, 0.1) is 12.8 Å². The molecule has 0 spiro atoms. The van der Waals surface area contributed by atoms with Crippen molar-refractivity contribution in [2.75, 3.05) is 13.1 Å². The van der Waals surface area contributed by atoms with Crippen molar-refractivity contribution in [2.24, 2.45) is 13.0 Å². The van der Waals surface area contributed by atoms with Crippen molar-refractivity contribution in [3.05, 3.63) is 17.5 Å². The summed E-state index contributed by atoms with van der Waals surface area (Å²) < 4.78 is 1.81. The zero-order valence-corrected chi connectivity index (χ0v) is 11.7. The molecule has 1 aromatic heterocycles. The molecule has 1 unspecified atom stereocenters. The van der Waals surface area contributed by atoms with Crippen LogP contribution in [0.3, 0.4) is 0 Å². The van der Waals surface area contributed by atoms with Crippen molar-refractivity contribution in [3.63, 3.8) is 0 Å². The normalized spacial score (nSPS) is 19.1. The van der Waals surface area contributed by atoms with E-state index in [1.54, 1.807) is 0 Å². The second kappa shape index (κ2) is 6.75. The van der Waals surface area contributed by atoms with Crippen molar-refractivity contribution in [1.82, 2.24) is 20.4 Å². The van der Waals surface area contributed by atoms with Crippen molar-refractivity contribution in [2.45, 2.75) is 26.3 Å². The number of carbonyl (C=O) groups excluding carboxylic acids is 1. The van der Waals surface area contributed by atoms with E-state index in [2.05, 4.69) is 15.7 Å². The van der Waals surface area contributed by atoms with Crippen LogP contribution >= 0.6 is 12.4 Å². The average Bonchev–Trinajstić information content (AvgIpc) is 2.66. The van der Waals surface area contributed by atoms with Crippen molar-refractivity contribution >= 4 is 18.3 Å². The number of hydrogen-bond donors (Lipinski definition) is 2. The van der Waals surface area contributed by atoms with Crippen LogP contribution in [-0.2, 0) is 18.4 Å². The van der Waals surface area contributed by atoms with Crippen molar-refractivity contribution in [1.29, 1.82) is 0 Å². The van der Waals surface area contributed by atoms with Gasteiger partial charge in [-0.3, -0.25) is 9.48 Å². The summed E-state index contributed by atoms with van der Waals surface area (Å²) in [7, 11) is 1.90. The summed E-state index contributed by atoms with van der Waals surface area (Å²) in [6.07, 6.45) is 2.08. The lowest BCUT2D eigenvalue weighted by Gasteiger charge is -2.21. The molecule has 1 aliphatic heterocycles. The predicted molar refractivity (Wildman–Crippen MR) is 72.6 cm³/mol. The minimum Gasteiger partial charge on any atom is -0.350 e. The van der Waals surface area contributed by atoms with Gasteiger partial charge in [-0.05, 0) is 32.4 Å². The van der Waals surface area contributed by atoms with Gasteiger partial charge in [0, 0.05) is 13.6 Å². The molecule has 1 amide bonds. The summed E-state index contributed by atoms with van der Waals surface area (Å²) in [5, 5.41) is 10.5. The van der Waals surface area contributed by atoms with Crippen LogP contribution in [0.2, 0.25) is 0 Å². The van der Waals surface area contributed by atoms with E-state index >= 15 is 0 Å². The van der Waals surface area contributed by atoms with Crippen LogP contribution in [-0.4, -0.2) is 28.8 Å². The Balaban J connectivity index is 0.00000162. The molecule has 6 heteroatoms. The van der Waals surface area contributed by atoms with Gasteiger partial charge in [-0.15, -0.1) is 12.4 Å². The lowest BCUT2D eigenvalue weighted by atomic mass is 9.99. The monoisotopic (exact) mass is 272 g/mol. The highest BCUT2D eigenvalue weighted by Crippen LogP contribution is 2.10. The van der Waals surface area contributed by atoms with Gasteiger partial charge < -0.3 is 10.6 Å². The Hall–Kier alpha value is -1.07. The molecule has 0 aromatic carbocycles. The van der Waals surface area contributed by atoms with Gasteiger partial charge in [0.05, 0.1) is 23.9 Å². The molecule has 5 nitrogen and oxygen atoms in total. The molecule has 2 N–H and O–H groups in total. The molecule has 1 atom stereocenters. The molecule has 1 saturated heterocycles. The predicted octanol–water partition coefficient (Wildman–Crippen LogP) is 0.766. The summed E-state index contributed by atoms with van der Waals surface area (Å²) in [6, 6.07) is 2.00. The van der Waals surface area contributed by atoms with E-state index in [0.29, 0.717) is 6.54 Å². The molecule has 2 rings (SSSR count). The van der Waals surface area contributed by atoms with Gasteiger partial charge in [-0.1, -0.05) is 0 Å². The van der Waals surface area contributed by atoms with Crippen LogP contribution in [0.15, 0.2) is 6.07 Å². The molecule has 0 bridgehead atoms. The highest BCUT2D eigenvalue weighted by Gasteiger charge is 2.20. The average molecular weight is 273 g/mol. The highest BCUT2D eigenvalue weighted by molar-refractivity contribution is 5.85. The Morgan fingerprint density at radius 1 is 1.67 bits per heavy atom. The molecule has 18 heavy (non-hydrogen) atoms. The summed E-state index contributed by atoms with van der Waals surface area (Å²) in [5.41, 5.74) is 2.02. The van der Waals surface area contributed by atoms with Crippen LogP contribution in [0.25, 0.3) is 0 Å². The van der Waals surface area contributed by atoms with Gasteiger partial charge in [0.25, 0.3) is 0 Å². The smallest absolute Gasteiger partial charge is 0.224 e. The SMILES string of the molecule is Cc1cc(CNC(=O)C2CCCNC2)n(C)n1.Cl. The lowest BCUT2D eigenvalue weighted by molar-refractivity contribution is -0.125. The lowest BCUT2D eigenvalue weighted by Crippen LogP contribution is -2.40. The number of nitrogens with zero attached hydrogens (tertiary/aromatic N) is 2. The third-order valence-corrected chi connectivity index (χ3v) is 3.21. The Morgan fingerprint density at radius 3 is 3.00 bits per heavy atom.